The average Bonchev–Trinajstić information content (AvgIpc) is 3.49. The first-order chi connectivity index (χ1) is 21.2. The van der Waals surface area contributed by atoms with Crippen molar-refractivity contribution in [2.45, 2.75) is 11.8 Å². The lowest BCUT2D eigenvalue weighted by molar-refractivity contribution is 0.0932. The van der Waals surface area contributed by atoms with Gasteiger partial charge in [0.05, 0.1) is 30.4 Å². The Balaban J connectivity index is 1.07. The van der Waals surface area contributed by atoms with Crippen molar-refractivity contribution in [1.82, 2.24) is 24.4 Å². The van der Waals surface area contributed by atoms with Crippen molar-refractivity contribution in [2.75, 3.05) is 91.2 Å². The Morgan fingerprint density at radius 3 is 2.27 bits per heavy atom. The Hall–Kier alpha value is -3.66. The Morgan fingerprint density at radius 2 is 1.64 bits per heavy atom. The molecule has 2 aliphatic rings. The number of anilines is 1. The molecule has 0 radical (unpaired) electrons. The fourth-order valence-corrected chi connectivity index (χ4v) is 7.72. The van der Waals surface area contributed by atoms with E-state index in [1.54, 1.807) is 32.5 Å². The number of thiazole rings is 1. The number of carbonyl (C=O) groups excluding carboxylic acids is 2. The van der Waals surface area contributed by atoms with Gasteiger partial charge >= 0.3 is 6.09 Å². The number of amides is 2. The fourth-order valence-electron chi connectivity index (χ4n) is 5.28. The van der Waals surface area contributed by atoms with E-state index < -0.39 is 16.1 Å². The molecule has 0 atom stereocenters. The van der Waals surface area contributed by atoms with Gasteiger partial charge in [-0.2, -0.15) is 4.31 Å². The second-order valence-electron chi connectivity index (χ2n) is 10.3. The minimum atomic E-state index is -3.74. The number of benzene rings is 2. The van der Waals surface area contributed by atoms with Crippen LogP contribution in [0, 0.1) is 0 Å². The Kier molecular flexibility index (Phi) is 10.1. The second kappa shape index (κ2) is 14.0. The highest BCUT2D eigenvalue weighted by molar-refractivity contribution is 7.89. The number of methoxy groups -OCH3 is 2. The maximum Gasteiger partial charge on any atom is 0.409 e. The van der Waals surface area contributed by atoms with Gasteiger partial charge in [-0.25, -0.2) is 18.2 Å². The van der Waals surface area contributed by atoms with Crippen molar-refractivity contribution < 1.29 is 32.2 Å². The molecule has 2 fully saturated rings. The highest BCUT2D eigenvalue weighted by Gasteiger charge is 2.31. The topological polar surface area (TPSA) is 134 Å². The summed E-state index contributed by atoms with van der Waals surface area (Å²) in [5, 5.41) is 3.89. The Labute approximate surface area is 261 Å². The molecule has 0 bridgehead atoms. The molecule has 238 valence electrons. The number of rotatable bonds is 10. The van der Waals surface area contributed by atoms with Gasteiger partial charge in [-0.3, -0.25) is 9.69 Å². The molecule has 0 unspecified atom stereocenters. The molecule has 0 aliphatic carbocycles. The number of piperazine rings is 2. The number of nitrogens with one attached hydrogen (secondary N) is 1. The summed E-state index contributed by atoms with van der Waals surface area (Å²) in [5.74, 6) is 1.05. The van der Waals surface area contributed by atoms with Crippen LogP contribution >= 0.6 is 11.3 Å². The molecule has 5 rings (SSSR count). The van der Waals surface area contributed by atoms with E-state index >= 15 is 0 Å². The van der Waals surface area contributed by atoms with E-state index in [1.165, 1.54) is 33.5 Å². The Morgan fingerprint density at radius 1 is 0.932 bits per heavy atom. The highest BCUT2D eigenvalue weighted by atomic mass is 32.2. The van der Waals surface area contributed by atoms with E-state index in [9.17, 15) is 18.0 Å². The minimum Gasteiger partial charge on any atom is -0.493 e. The largest absolute Gasteiger partial charge is 0.493 e. The third-order valence-electron chi connectivity index (χ3n) is 7.77. The lowest BCUT2D eigenvalue weighted by atomic mass is 10.2. The smallest absolute Gasteiger partial charge is 0.409 e. The van der Waals surface area contributed by atoms with Gasteiger partial charge in [0.2, 0.25) is 10.0 Å². The molecular formula is C29H38N6O7S2. The molecule has 44 heavy (non-hydrogen) atoms. The number of hydrogen-bond acceptors (Lipinski definition) is 11. The van der Waals surface area contributed by atoms with Gasteiger partial charge in [0.15, 0.2) is 16.6 Å². The van der Waals surface area contributed by atoms with Crippen LogP contribution in [0.25, 0.3) is 10.2 Å². The van der Waals surface area contributed by atoms with Gasteiger partial charge in [-0.1, -0.05) is 11.3 Å². The summed E-state index contributed by atoms with van der Waals surface area (Å²) in [6.07, 6.45) is -0.435. The molecule has 0 saturated carbocycles. The first-order valence-electron chi connectivity index (χ1n) is 14.5. The third kappa shape index (κ3) is 6.85. The average molecular weight is 647 g/mol. The molecule has 3 heterocycles. The number of hydrogen-bond donors (Lipinski definition) is 1. The van der Waals surface area contributed by atoms with Crippen molar-refractivity contribution in [3.63, 3.8) is 0 Å². The summed E-state index contributed by atoms with van der Waals surface area (Å²) in [4.78, 5) is 35.7. The third-order valence-corrected chi connectivity index (χ3v) is 10.8. The SMILES string of the molecule is CCOC(=O)N1CCN(S(=O)(=O)c2ccc(C(=O)NCCN3CCN(c4nc5c(OC)c(OC)ccc5s4)CC3)cc2)CC1. The van der Waals surface area contributed by atoms with Crippen LogP contribution in [0.1, 0.15) is 17.3 Å². The van der Waals surface area contributed by atoms with E-state index in [0.717, 1.165) is 41.5 Å². The van der Waals surface area contributed by atoms with Crippen molar-refractivity contribution in [2.24, 2.45) is 0 Å². The van der Waals surface area contributed by atoms with E-state index in [2.05, 4.69) is 15.1 Å². The predicted octanol–water partition coefficient (Wildman–Crippen LogP) is 2.33. The number of fused-ring (bicyclic) bond motifs is 1. The zero-order chi connectivity index (χ0) is 31.3. The van der Waals surface area contributed by atoms with Crippen molar-refractivity contribution in [1.29, 1.82) is 0 Å². The molecule has 13 nitrogen and oxygen atoms in total. The van der Waals surface area contributed by atoms with E-state index in [0.29, 0.717) is 30.2 Å². The molecule has 0 spiro atoms. The lowest BCUT2D eigenvalue weighted by Gasteiger charge is -2.34. The monoisotopic (exact) mass is 646 g/mol. The van der Waals surface area contributed by atoms with E-state index in [4.69, 9.17) is 19.2 Å². The lowest BCUT2D eigenvalue weighted by Crippen LogP contribution is -2.50. The van der Waals surface area contributed by atoms with Crippen LogP contribution in [0.4, 0.5) is 9.93 Å². The number of aromatic nitrogens is 1. The molecule has 2 saturated heterocycles. The molecule has 1 N–H and O–H groups in total. The summed E-state index contributed by atoms with van der Waals surface area (Å²) < 4.78 is 44.5. The first kappa shape index (κ1) is 31.8. The number of ether oxygens (including phenoxy) is 3. The van der Waals surface area contributed by atoms with Crippen LogP contribution in [-0.4, -0.2) is 126 Å². The van der Waals surface area contributed by atoms with Crippen molar-refractivity contribution in [3.05, 3.63) is 42.0 Å². The predicted molar refractivity (Wildman–Crippen MR) is 168 cm³/mol. The maximum absolute atomic E-state index is 13.1. The van der Waals surface area contributed by atoms with Crippen molar-refractivity contribution in [3.8, 4) is 11.5 Å². The standard InChI is InChI=1S/C29H38N6O7S2/c1-4-42-29(37)34-17-19-35(20-18-34)44(38,39)22-7-5-21(6-8-22)27(36)30-11-12-32-13-15-33(16-14-32)28-31-25-24(43-28)10-9-23(40-2)26(25)41-3/h5-10H,4,11-20H2,1-3H3,(H,30,36). The Bertz CT molecular complexity index is 1560. The molecule has 15 heteroatoms. The summed E-state index contributed by atoms with van der Waals surface area (Å²) in [6.45, 7) is 7.39. The van der Waals surface area contributed by atoms with Crippen LogP contribution in [-0.2, 0) is 14.8 Å². The molecular weight excluding hydrogens is 608 g/mol. The van der Waals surface area contributed by atoms with Crippen LogP contribution in [0.5, 0.6) is 11.5 Å². The molecule has 2 amide bonds. The van der Waals surface area contributed by atoms with Crippen LogP contribution in [0.15, 0.2) is 41.3 Å². The van der Waals surface area contributed by atoms with E-state index in [1.807, 2.05) is 12.1 Å². The normalized spacial score (nSPS) is 16.6. The molecule has 3 aromatic rings. The first-order valence-corrected chi connectivity index (χ1v) is 16.8. The van der Waals surface area contributed by atoms with E-state index in [-0.39, 0.29) is 43.6 Å². The summed E-state index contributed by atoms with van der Waals surface area (Å²) in [5.41, 5.74) is 1.19. The van der Waals surface area contributed by atoms with Gasteiger partial charge in [-0.15, -0.1) is 0 Å². The van der Waals surface area contributed by atoms with Gasteiger partial charge in [0.25, 0.3) is 5.91 Å². The van der Waals surface area contributed by atoms with Gasteiger partial charge in [-0.05, 0) is 43.3 Å². The van der Waals surface area contributed by atoms with Crippen molar-refractivity contribution >= 4 is 48.7 Å². The zero-order valence-corrected chi connectivity index (χ0v) is 26.8. The van der Waals surface area contributed by atoms with Gasteiger partial charge in [0.1, 0.15) is 5.52 Å². The molecule has 2 aromatic carbocycles. The second-order valence-corrected chi connectivity index (χ2v) is 13.3. The molecule has 1 aromatic heterocycles. The summed E-state index contributed by atoms with van der Waals surface area (Å²) in [6, 6.07) is 9.85. The number of sulfonamides is 1. The zero-order valence-electron chi connectivity index (χ0n) is 25.2. The quantitative estimate of drug-likeness (QED) is 0.350. The number of nitrogens with zero attached hydrogens (tertiary/aromatic N) is 5. The van der Waals surface area contributed by atoms with Crippen LogP contribution in [0.3, 0.4) is 0 Å². The number of carbonyl (C=O) groups is 2. The van der Waals surface area contributed by atoms with Crippen LogP contribution < -0.4 is 19.7 Å². The van der Waals surface area contributed by atoms with Gasteiger partial charge in [0, 0.05) is 71.0 Å². The maximum atomic E-state index is 13.1. The van der Waals surface area contributed by atoms with Crippen LogP contribution in [0.2, 0.25) is 0 Å². The highest BCUT2D eigenvalue weighted by Crippen LogP contribution is 2.40. The summed E-state index contributed by atoms with van der Waals surface area (Å²) >= 11 is 1.63. The summed E-state index contributed by atoms with van der Waals surface area (Å²) in [7, 11) is -0.507. The minimum absolute atomic E-state index is 0.113. The molecule has 2 aliphatic heterocycles. The van der Waals surface area contributed by atoms with Gasteiger partial charge < -0.3 is 29.3 Å². The fraction of sp³-hybridized carbons (Fsp3) is 0.483.